The number of nitrogens with zero attached hydrogens (tertiary/aromatic N) is 3. The molecule has 0 aliphatic heterocycles. The summed E-state index contributed by atoms with van der Waals surface area (Å²) in [7, 11) is 0. The third kappa shape index (κ3) is 1.69. The van der Waals surface area contributed by atoms with Crippen molar-refractivity contribution < 1.29 is 0 Å². The molecule has 0 saturated heterocycles. The molecule has 0 aliphatic rings. The maximum atomic E-state index is 5.71. The Morgan fingerprint density at radius 2 is 2.06 bits per heavy atom. The lowest BCUT2D eigenvalue weighted by molar-refractivity contribution is 0.594. The van der Waals surface area contributed by atoms with Crippen LogP contribution in [0.2, 0.25) is 0 Å². The largest absolute Gasteiger partial charge is 0.325 e. The molecule has 2 heterocycles. The summed E-state index contributed by atoms with van der Waals surface area (Å²) in [5.74, 6) is 0. The van der Waals surface area contributed by atoms with Crippen molar-refractivity contribution in [2.45, 2.75) is 39.7 Å². The lowest BCUT2D eigenvalue weighted by atomic mass is 9.89. The Labute approximate surface area is 95.5 Å². The van der Waals surface area contributed by atoms with Crippen molar-refractivity contribution in [1.29, 1.82) is 0 Å². The summed E-state index contributed by atoms with van der Waals surface area (Å²) < 4.78 is 1.84. The fourth-order valence-corrected chi connectivity index (χ4v) is 1.84. The third-order valence-corrected chi connectivity index (χ3v) is 2.69. The van der Waals surface area contributed by atoms with E-state index in [9.17, 15) is 0 Å². The van der Waals surface area contributed by atoms with Crippen LogP contribution in [0.3, 0.4) is 0 Å². The molecule has 0 spiro atoms. The van der Waals surface area contributed by atoms with Gasteiger partial charge in [-0.25, -0.2) is 9.50 Å². The van der Waals surface area contributed by atoms with E-state index in [1.54, 1.807) is 0 Å². The fourth-order valence-electron chi connectivity index (χ4n) is 1.84. The van der Waals surface area contributed by atoms with E-state index in [-0.39, 0.29) is 5.41 Å². The molecule has 0 amide bonds. The van der Waals surface area contributed by atoms with Gasteiger partial charge in [-0.2, -0.15) is 5.10 Å². The number of nitrogens with two attached hydrogens (primary N) is 1. The molecule has 86 valence electrons. The van der Waals surface area contributed by atoms with Crippen LogP contribution in [-0.4, -0.2) is 14.6 Å². The van der Waals surface area contributed by atoms with Gasteiger partial charge < -0.3 is 5.73 Å². The predicted octanol–water partition coefficient (Wildman–Crippen LogP) is 1.79. The van der Waals surface area contributed by atoms with E-state index in [0.717, 1.165) is 22.6 Å². The summed E-state index contributed by atoms with van der Waals surface area (Å²) in [6.45, 7) is 8.95. The van der Waals surface area contributed by atoms with Crippen molar-refractivity contribution in [2.75, 3.05) is 0 Å². The second-order valence-electron chi connectivity index (χ2n) is 5.14. The van der Waals surface area contributed by atoms with Crippen molar-refractivity contribution in [3.05, 3.63) is 29.2 Å². The monoisotopic (exact) mass is 218 g/mol. The van der Waals surface area contributed by atoms with E-state index < -0.39 is 0 Å². The highest BCUT2D eigenvalue weighted by molar-refractivity contribution is 5.51. The average molecular weight is 218 g/mol. The summed E-state index contributed by atoms with van der Waals surface area (Å²) >= 11 is 0. The van der Waals surface area contributed by atoms with Gasteiger partial charge in [0.15, 0.2) is 5.65 Å². The SMILES string of the molecule is Cc1cc(CN)n2ncc(C(C)(C)C)c2n1. The molecule has 0 atom stereocenters. The van der Waals surface area contributed by atoms with Crippen molar-refractivity contribution in [1.82, 2.24) is 14.6 Å². The molecule has 2 rings (SSSR count). The number of aromatic nitrogens is 3. The first-order chi connectivity index (χ1) is 7.43. The van der Waals surface area contributed by atoms with Gasteiger partial charge in [-0.1, -0.05) is 20.8 Å². The van der Waals surface area contributed by atoms with Crippen LogP contribution in [0.5, 0.6) is 0 Å². The molecule has 0 aliphatic carbocycles. The van der Waals surface area contributed by atoms with Crippen LogP contribution in [0.15, 0.2) is 12.3 Å². The van der Waals surface area contributed by atoms with Gasteiger partial charge in [-0.3, -0.25) is 0 Å². The van der Waals surface area contributed by atoms with E-state index in [4.69, 9.17) is 5.73 Å². The Morgan fingerprint density at radius 1 is 1.38 bits per heavy atom. The zero-order valence-electron chi connectivity index (χ0n) is 10.3. The smallest absolute Gasteiger partial charge is 0.159 e. The molecule has 2 aromatic heterocycles. The first kappa shape index (κ1) is 11.1. The minimum Gasteiger partial charge on any atom is -0.325 e. The molecule has 4 heteroatoms. The lowest BCUT2D eigenvalue weighted by Gasteiger charge is -2.16. The van der Waals surface area contributed by atoms with E-state index in [0.29, 0.717) is 6.54 Å². The average Bonchev–Trinajstić information content (AvgIpc) is 2.58. The molecule has 0 unspecified atom stereocenters. The molecular formula is C12H18N4. The molecule has 0 saturated carbocycles. The molecule has 0 fully saturated rings. The number of fused-ring (bicyclic) bond motifs is 1. The number of hydrogen-bond acceptors (Lipinski definition) is 3. The summed E-state index contributed by atoms with van der Waals surface area (Å²) in [5, 5.41) is 4.37. The number of rotatable bonds is 1. The molecular weight excluding hydrogens is 200 g/mol. The second-order valence-corrected chi connectivity index (χ2v) is 5.14. The first-order valence-corrected chi connectivity index (χ1v) is 5.48. The second kappa shape index (κ2) is 3.56. The zero-order chi connectivity index (χ0) is 11.9. The summed E-state index contributed by atoms with van der Waals surface area (Å²) in [6, 6.07) is 1.98. The van der Waals surface area contributed by atoms with Crippen LogP contribution in [0.1, 0.15) is 37.7 Å². The topological polar surface area (TPSA) is 56.2 Å². The molecule has 2 aromatic rings. The standard InChI is InChI=1S/C12H18N4/c1-8-5-9(6-13)16-11(15-8)10(7-14-16)12(2,3)4/h5,7H,6,13H2,1-4H3. The normalized spacial score (nSPS) is 12.3. The molecule has 0 radical (unpaired) electrons. The van der Waals surface area contributed by atoms with Gasteiger partial charge in [0.05, 0.1) is 11.9 Å². The van der Waals surface area contributed by atoms with Crippen molar-refractivity contribution >= 4 is 5.65 Å². The fraction of sp³-hybridized carbons (Fsp3) is 0.500. The maximum absolute atomic E-state index is 5.71. The Balaban J connectivity index is 2.77. The van der Waals surface area contributed by atoms with Crippen LogP contribution in [0.25, 0.3) is 5.65 Å². The van der Waals surface area contributed by atoms with Crippen molar-refractivity contribution in [3.63, 3.8) is 0 Å². The number of hydrogen-bond donors (Lipinski definition) is 1. The Bertz CT molecular complexity index is 520. The summed E-state index contributed by atoms with van der Waals surface area (Å²) in [5.41, 5.74) is 9.83. The van der Waals surface area contributed by atoms with E-state index >= 15 is 0 Å². The highest BCUT2D eigenvalue weighted by Gasteiger charge is 2.20. The Hall–Kier alpha value is -1.42. The van der Waals surface area contributed by atoms with E-state index in [2.05, 4.69) is 30.9 Å². The van der Waals surface area contributed by atoms with E-state index in [1.807, 2.05) is 23.7 Å². The highest BCUT2D eigenvalue weighted by atomic mass is 15.3. The van der Waals surface area contributed by atoms with Gasteiger partial charge in [0, 0.05) is 17.8 Å². The highest BCUT2D eigenvalue weighted by Crippen LogP contribution is 2.25. The van der Waals surface area contributed by atoms with Crippen LogP contribution >= 0.6 is 0 Å². The maximum Gasteiger partial charge on any atom is 0.159 e. The van der Waals surface area contributed by atoms with Gasteiger partial charge in [-0.05, 0) is 18.4 Å². The summed E-state index contributed by atoms with van der Waals surface area (Å²) in [6.07, 6.45) is 1.89. The van der Waals surface area contributed by atoms with Crippen molar-refractivity contribution in [3.8, 4) is 0 Å². The molecule has 2 N–H and O–H groups in total. The molecule has 16 heavy (non-hydrogen) atoms. The molecule has 4 nitrogen and oxygen atoms in total. The molecule has 0 aromatic carbocycles. The minimum atomic E-state index is 0.0500. The van der Waals surface area contributed by atoms with Crippen LogP contribution in [0.4, 0.5) is 0 Å². The summed E-state index contributed by atoms with van der Waals surface area (Å²) in [4.78, 5) is 4.56. The van der Waals surface area contributed by atoms with Crippen LogP contribution in [0, 0.1) is 6.92 Å². The van der Waals surface area contributed by atoms with E-state index in [1.165, 1.54) is 0 Å². The van der Waals surface area contributed by atoms with Crippen LogP contribution < -0.4 is 5.73 Å². The lowest BCUT2D eigenvalue weighted by Crippen LogP contribution is -2.12. The first-order valence-electron chi connectivity index (χ1n) is 5.48. The predicted molar refractivity (Wildman–Crippen MR) is 64.3 cm³/mol. The van der Waals surface area contributed by atoms with Gasteiger partial charge in [0.1, 0.15) is 0 Å². The van der Waals surface area contributed by atoms with Gasteiger partial charge in [0.25, 0.3) is 0 Å². The zero-order valence-corrected chi connectivity index (χ0v) is 10.3. The van der Waals surface area contributed by atoms with Gasteiger partial charge in [-0.15, -0.1) is 0 Å². The third-order valence-electron chi connectivity index (χ3n) is 2.69. The van der Waals surface area contributed by atoms with Crippen LogP contribution in [-0.2, 0) is 12.0 Å². The Morgan fingerprint density at radius 3 is 2.62 bits per heavy atom. The van der Waals surface area contributed by atoms with Gasteiger partial charge >= 0.3 is 0 Å². The number of aryl methyl sites for hydroxylation is 1. The Kier molecular flexibility index (Phi) is 2.46. The van der Waals surface area contributed by atoms with Crippen molar-refractivity contribution in [2.24, 2.45) is 5.73 Å². The quantitative estimate of drug-likeness (QED) is 0.794. The van der Waals surface area contributed by atoms with Gasteiger partial charge in [0.2, 0.25) is 0 Å². The molecule has 0 bridgehead atoms. The minimum absolute atomic E-state index is 0.0500.